The summed E-state index contributed by atoms with van der Waals surface area (Å²) in [6, 6.07) is 6.95. The van der Waals surface area contributed by atoms with Gasteiger partial charge in [0.15, 0.2) is 0 Å². The van der Waals surface area contributed by atoms with Crippen LogP contribution >= 0.6 is 0 Å². The first kappa shape index (κ1) is 21.7. The molecule has 1 aliphatic carbocycles. The van der Waals surface area contributed by atoms with Gasteiger partial charge in [-0.05, 0) is 37.3 Å². The van der Waals surface area contributed by atoms with Crippen LogP contribution in [0.15, 0.2) is 24.3 Å². The zero-order chi connectivity index (χ0) is 22.0. The lowest BCUT2D eigenvalue weighted by atomic mass is 10.00. The van der Waals surface area contributed by atoms with Crippen LogP contribution in [0.2, 0.25) is 0 Å². The van der Waals surface area contributed by atoms with E-state index in [1.807, 2.05) is 17.0 Å². The van der Waals surface area contributed by atoms with Crippen molar-refractivity contribution < 1.29 is 9.18 Å². The number of hydrogen-bond donors (Lipinski definition) is 0. The fourth-order valence-electron chi connectivity index (χ4n) is 4.23. The molecule has 1 saturated heterocycles. The van der Waals surface area contributed by atoms with Crippen molar-refractivity contribution in [3.05, 3.63) is 52.7 Å². The quantitative estimate of drug-likeness (QED) is 0.663. The van der Waals surface area contributed by atoms with E-state index < -0.39 is 0 Å². The zero-order valence-electron chi connectivity index (χ0n) is 18.9. The van der Waals surface area contributed by atoms with Crippen LogP contribution in [-0.4, -0.2) is 47.0 Å². The number of aryl methyl sites for hydroxylation is 1. The molecular weight excluding hydrogens is 391 g/mol. The molecule has 2 fully saturated rings. The highest BCUT2D eigenvalue weighted by Gasteiger charge is 2.35. The molecule has 0 N–H and O–H groups in total. The number of aromatic nitrogens is 2. The molecule has 0 radical (unpaired) electrons. The van der Waals surface area contributed by atoms with E-state index in [0.717, 1.165) is 74.8 Å². The molecule has 4 rings (SSSR count). The lowest BCUT2D eigenvalue weighted by Gasteiger charge is -2.37. The van der Waals surface area contributed by atoms with E-state index in [-0.39, 0.29) is 17.7 Å². The maximum Gasteiger partial charge on any atom is 0.225 e. The second-order valence-electron chi connectivity index (χ2n) is 8.85. The topological polar surface area (TPSA) is 49.3 Å². The molecule has 1 atom stereocenters. The van der Waals surface area contributed by atoms with Crippen molar-refractivity contribution >= 4 is 11.7 Å². The van der Waals surface area contributed by atoms with E-state index in [9.17, 15) is 9.18 Å². The third-order valence-electron chi connectivity index (χ3n) is 6.62. The van der Waals surface area contributed by atoms with Gasteiger partial charge in [-0.15, -0.1) is 0 Å². The van der Waals surface area contributed by atoms with E-state index >= 15 is 0 Å². The lowest BCUT2D eigenvalue weighted by molar-refractivity contribution is -0.132. The molecule has 5 nitrogen and oxygen atoms in total. The summed E-state index contributed by atoms with van der Waals surface area (Å²) >= 11 is 0. The molecule has 0 bridgehead atoms. The predicted octanol–water partition coefficient (Wildman–Crippen LogP) is 4.34. The minimum absolute atomic E-state index is 0.193. The molecular formula is C25H33FN4O. The number of carbonyl (C=O) groups is 1. The molecule has 2 heterocycles. The normalized spacial score (nSPS) is 17.7. The Morgan fingerprint density at radius 3 is 2.45 bits per heavy atom. The van der Waals surface area contributed by atoms with Crippen LogP contribution in [0.5, 0.6) is 0 Å². The van der Waals surface area contributed by atoms with Crippen LogP contribution in [0.1, 0.15) is 68.6 Å². The number of nitrogens with zero attached hydrogens (tertiary/aromatic N) is 4. The van der Waals surface area contributed by atoms with Gasteiger partial charge in [-0.3, -0.25) is 4.79 Å². The molecule has 2 aromatic rings. The maximum absolute atomic E-state index is 14.5. The van der Waals surface area contributed by atoms with E-state index in [1.54, 1.807) is 6.07 Å². The van der Waals surface area contributed by atoms with Crippen molar-refractivity contribution in [2.24, 2.45) is 5.92 Å². The van der Waals surface area contributed by atoms with Gasteiger partial charge in [0, 0.05) is 55.7 Å². The SMILES string of the molecule is CCc1nc(C(C)CC)nc(N2CCN(C(=O)C3CC3)CC2)c1Cc1ccccc1F. The van der Waals surface area contributed by atoms with Crippen molar-refractivity contribution in [2.45, 2.75) is 58.8 Å². The number of amides is 1. The number of carbonyl (C=O) groups excluding carboxylic acids is 1. The first-order valence-corrected chi connectivity index (χ1v) is 11.7. The number of rotatable bonds is 7. The summed E-state index contributed by atoms with van der Waals surface area (Å²) in [6.07, 6.45) is 4.31. The fraction of sp³-hybridized carbons (Fsp3) is 0.560. The Labute approximate surface area is 184 Å². The standard InChI is InChI=1S/C25H33FN4O/c1-4-17(3)23-27-22(5-2)20(16-19-8-6-7-9-21(19)26)24(28-23)29-12-14-30(15-13-29)25(31)18-10-11-18/h6-9,17-18H,4-5,10-16H2,1-3H3. The average molecular weight is 425 g/mol. The minimum Gasteiger partial charge on any atom is -0.353 e. The summed E-state index contributed by atoms with van der Waals surface area (Å²) in [7, 11) is 0. The van der Waals surface area contributed by atoms with Crippen molar-refractivity contribution in [3.63, 3.8) is 0 Å². The fourth-order valence-corrected chi connectivity index (χ4v) is 4.23. The van der Waals surface area contributed by atoms with E-state index in [1.165, 1.54) is 6.07 Å². The summed E-state index contributed by atoms with van der Waals surface area (Å²) < 4.78 is 14.5. The Kier molecular flexibility index (Phi) is 6.54. The Hall–Kier alpha value is -2.50. The number of hydrogen-bond acceptors (Lipinski definition) is 4. The summed E-state index contributed by atoms with van der Waals surface area (Å²) in [5, 5.41) is 0. The van der Waals surface area contributed by atoms with Gasteiger partial charge in [-0.1, -0.05) is 39.0 Å². The lowest BCUT2D eigenvalue weighted by Crippen LogP contribution is -2.50. The highest BCUT2D eigenvalue weighted by molar-refractivity contribution is 5.81. The molecule has 1 amide bonds. The van der Waals surface area contributed by atoms with Crippen LogP contribution < -0.4 is 4.90 Å². The van der Waals surface area contributed by atoms with Gasteiger partial charge >= 0.3 is 0 Å². The summed E-state index contributed by atoms with van der Waals surface area (Å²) in [6.45, 7) is 9.35. The molecule has 1 saturated carbocycles. The maximum atomic E-state index is 14.5. The third kappa shape index (κ3) is 4.73. The highest BCUT2D eigenvalue weighted by Crippen LogP contribution is 2.32. The number of piperazine rings is 1. The van der Waals surface area contributed by atoms with E-state index in [2.05, 4.69) is 25.7 Å². The van der Waals surface area contributed by atoms with Crippen LogP contribution in [0, 0.1) is 11.7 Å². The molecule has 1 aromatic heterocycles. The molecule has 166 valence electrons. The van der Waals surface area contributed by atoms with Crippen LogP contribution in [0.3, 0.4) is 0 Å². The first-order valence-electron chi connectivity index (χ1n) is 11.7. The largest absolute Gasteiger partial charge is 0.353 e. The monoisotopic (exact) mass is 424 g/mol. The second kappa shape index (κ2) is 9.33. The Bertz CT molecular complexity index is 935. The van der Waals surface area contributed by atoms with Gasteiger partial charge in [0.2, 0.25) is 5.91 Å². The molecule has 31 heavy (non-hydrogen) atoms. The van der Waals surface area contributed by atoms with Crippen molar-refractivity contribution in [3.8, 4) is 0 Å². The molecule has 6 heteroatoms. The number of benzene rings is 1. The molecule has 1 aromatic carbocycles. The molecule has 0 spiro atoms. The zero-order valence-corrected chi connectivity index (χ0v) is 18.9. The molecule has 1 unspecified atom stereocenters. The number of halogens is 1. The summed E-state index contributed by atoms with van der Waals surface area (Å²) in [5.74, 6) is 2.42. The summed E-state index contributed by atoms with van der Waals surface area (Å²) in [5.41, 5.74) is 2.68. The van der Waals surface area contributed by atoms with Crippen LogP contribution in [0.25, 0.3) is 0 Å². The van der Waals surface area contributed by atoms with Gasteiger partial charge < -0.3 is 9.80 Å². The Balaban J connectivity index is 1.66. The predicted molar refractivity (Wildman–Crippen MR) is 121 cm³/mol. The van der Waals surface area contributed by atoms with Gasteiger partial charge in [-0.25, -0.2) is 14.4 Å². The van der Waals surface area contributed by atoms with Crippen molar-refractivity contribution in [2.75, 3.05) is 31.1 Å². The van der Waals surface area contributed by atoms with E-state index in [4.69, 9.17) is 9.97 Å². The third-order valence-corrected chi connectivity index (χ3v) is 6.62. The van der Waals surface area contributed by atoms with Gasteiger partial charge in [0.25, 0.3) is 0 Å². The minimum atomic E-state index is -0.193. The van der Waals surface area contributed by atoms with Gasteiger partial charge in [-0.2, -0.15) is 0 Å². The smallest absolute Gasteiger partial charge is 0.225 e. The van der Waals surface area contributed by atoms with Gasteiger partial charge in [0.05, 0.1) is 0 Å². The first-order chi connectivity index (χ1) is 15.0. The van der Waals surface area contributed by atoms with Crippen molar-refractivity contribution in [1.82, 2.24) is 14.9 Å². The van der Waals surface area contributed by atoms with Gasteiger partial charge in [0.1, 0.15) is 17.5 Å². The van der Waals surface area contributed by atoms with E-state index in [0.29, 0.717) is 17.9 Å². The molecule has 1 aliphatic heterocycles. The Morgan fingerprint density at radius 2 is 1.84 bits per heavy atom. The summed E-state index contributed by atoms with van der Waals surface area (Å²) in [4.78, 5) is 26.7. The van der Waals surface area contributed by atoms with Crippen LogP contribution in [0.4, 0.5) is 10.2 Å². The number of anilines is 1. The van der Waals surface area contributed by atoms with Crippen molar-refractivity contribution in [1.29, 1.82) is 0 Å². The molecule has 2 aliphatic rings. The highest BCUT2D eigenvalue weighted by atomic mass is 19.1. The average Bonchev–Trinajstić information content (AvgIpc) is 3.65. The second-order valence-corrected chi connectivity index (χ2v) is 8.85. The van der Waals surface area contributed by atoms with Crippen LogP contribution in [-0.2, 0) is 17.6 Å². The Morgan fingerprint density at radius 1 is 1.13 bits per heavy atom.